The second-order valence-electron chi connectivity index (χ2n) is 5.35. The minimum atomic E-state index is 0.283. The number of rotatable bonds is 4. The van der Waals surface area contributed by atoms with Crippen LogP contribution in [0.5, 0.6) is 0 Å². The normalized spacial score (nSPS) is 23.5. The summed E-state index contributed by atoms with van der Waals surface area (Å²) in [5.74, 6) is 1.66. The molecular weight excluding hydrogens is 200 g/mol. The van der Waals surface area contributed by atoms with Gasteiger partial charge in [0.05, 0.1) is 0 Å². The molecule has 1 saturated carbocycles. The molecule has 2 rings (SSSR count). The molecule has 0 aromatic heterocycles. The lowest BCUT2D eigenvalue weighted by atomic mass is 9.98. The number of carbonyl (C=O) groups excluding carboxylic acids is 1. The number of nitrogens with one attached hydrogen (secondary N) is 2. The monoisotopic (exact) mass is 224 g/mol. The number of piperidine rings is 1. The molecule has 1 aliphatic carbocycles. The summed E-state index contributed by atoms with van der Waals surface area (Å²) in [6, 6.07) is 0. The van der Waals surface area contributed by atoms with Gasteiger partial charge < -0.3 is 10.6 Å². The highest BCUT2D eigenvalue weighted by Gasteiger charge is 2.19. The summed E-state index contributed by atoms with van der Waals surface area (Å²) in [7, 11) is 0. The Morgan fingerprint density at radius 3 is 2.44 bits per heavy atom. The first kappa shape index (κ1) is 11.9. The van der Waals surface area contributed by atoms with E-state index in [4.69, 9.17) is 0 Å². The predicted molar refractivity (Wildman–Crippen MR) is 65.2 cm³/mol. The van der Waals surface area contributed by atoms with Crippen LogP contribution < -0.4 is 10.6 Å². The highest BCUT2D eigenvalue weighted by Crippen LogP contribution is 2.27. The Balaban J connectivity index is 1.59. The van der Waals surface area contributed by atoms with Gasteiger partial charge in [0.2, 0.25) is 5.91 Å². The van der Waals surface area contributed by atoms with Crippen molar-refractivity contribution in [1.82, 2.24) is 10.6 Å². The van der Waals surface area contributed by atoms with E-state index in [9.17, 15) is 4.79 Å². The second-order valence-corrected chi connectivity index (χ2v) is 5.35. The van der Waals surface area contributed by atoms with Gasteiger partial charge in [-0.25, -0.2) is 0 Å². The molecule has 0 atom stereocenters. The highest BCUT2D eigenvalue weighted by molar-refractivity contribution is 5.76. The Morgan fingerprint density at radius 1 is 1.06 bits per heavy atom. The molecule has 0 spiro atoms. The van der Waals surface area contributed by atoms with Crippen molar-refractivity contribution in [3.8, 4) is 0 Å². The summed E-state index contributed by atoms with van der Waals surface area (Å²) >= 11 is 0. The van der Waals surface area contributed by atoms with E-state index < -0.39 is 0 Å². The fraction of sp³-hybridized carbons (Fsp3) is 0.923. The van der Waals surface area contributed by atoms with Crippen molar-refractivity contribution in [3.05, 3.63) is 0 Å². The van der Waals surface area contributed by atoms with Gasteiger partial charge in [-0.15, -0.1) is 0 Å². The van der Waals surface area contributed by atoms with E-state index in [1.165, 1.54) is 38.5 Å². The lowest BCUT2D eigenvalue weighted by Gasteiger charge is -2.23. The number of carbonyl (C=O) groups is 1. The topological polar surface area (TPSA) is 41.1 Å². The molecule has 2 fully saturated rings. The van der Waals surface area contributed by atoms with Gasteiger partial charge in [-0.05, 0) is 50.6 Å². The minimum Gasteiger partial charge on any atom is -0.356 e. The summed E-state index contributed by atoms with van der Waals surface area (Å²) < 4.78 is 0. The van der Waals surface area contributed by atoms with Gasteiger partial charge in [-0.1, -0.05) is 12.8 Å². The van der Waals surface area contributed by atoms with Gasteiger partial charge in [-0.3, -0.25) is 4.79 Å². The maximum Gasteiger partial charge on any atom is 0.220 e. The molecule has 0 radical (unpaired) electrons. The van der Waals surface area contributed by atoms with E-state index in [2.05, 4.69) is 10.6 Å². The Morgan fingerprint density at radius 2 is 1.75 bits per heavy atom. The zero-order valence-electron chi connectivity index (χ0n) is 10.1. The van der Waals surface area contributed by atoms with E-state index in [1.54, 1.807) is 0 Å². The molecule has 1 amide bonds. The van der Waals surface area contributed by atoms with Crippen LogP contribution in [-0.4, -0.2) is 25.5 Å². The molecule has 0 aromatic rings. The summed E-state index contributed by atoms with van der Waals surface area (Å²) in [5.41, 5.74) is 0. The molecule has 92 valence electrons. The Hall–Kier alpha value is -0.570. The van der Waals surface area contributed by atoms with Crippen LogP contribution in [0.3, 0.4) is 0 Å². The SMILES string of the molecule is O=C(CC1CCCC1)NCC1CCNCC1. The van der Waals surface area contributed by atoms with Crippen molar-refractivity contribution >= 4 is 5.91 Å². The molecule has 2 N–H and O–H groups in total. The third kappa shape index (κ3) is 3.78. The van der Waals surface area contributed by atoms with Crippen LogP contribution in [0, 0.1) is 11.8 Å². The van der Waals surface area contributed by atoms with Gasteiger partial charge >= 0.3 is 0 Å². The van der Waals surface area contributed by atoms with Crippen molar-refractivity contribution in [2.24, 2.45) is 11.8 Å². The van der Waals surface area contributed by atoms with Crippen molar-refractivity contribution < 1.29 is 4.79 Å². The zero-order valence-corrected chi connectivity index (χ0v) is 10.1. The molecule has 1 heterocycles. The number of hydrogen-bond acceptors (Lipinski definition) is 2. The second kappa shape index (κ2) is 6.24. The van der Waals surface area contributed by atoms with Crippen molar-refractivity contribution in [2.75, 3.05) is 19.6 Å². The van der Waals surface area contributed by atoms with Crippen LogP contribution in [0.25, 0.3) is 0 Å². The van der Waals surface area contributed by atoms with Crippen molar-refractivity contribution in [3.63, 3.8) is 0 Å². The van der Waals surface area contributed by atoms with E-state index in [0.717, 1.165) is 26.1 Å². The molecule has 3 heteroatoms. The molecule has 0 unspecified atom stereocenters. The Bertz CT molecular complexity index is 218. The third-order valence-corrected chi connectivity index (χ3v) is 4.00. The molecule has 1 saturated heterocycles. The highest BCUT2D eigenvalue weighted by atomic mass is 16.1. The Labute approximate surface area is 98.4 Å². The lowest BCUT2D eigenvalue weighted by Crippen LogP contribution is -2.36. The lowest BCUT2D eigenvalue weighted by molar-refractivity contribution is -0.122. The van der Waals surface area contributed by atoms with Gasteiger partial charge in [0.1, 0.15) is 0 Å². The molecule has 3 nitrogen and oxygen atoms in total. The maximum absolute atomic E-state index is 11.7. The zero-order chi connectivity index (χ0) is 11.2. The van der Waals surface area contributed by atoms with Crippen molar-refractivity contribution in [2.45, 2.75) is 44.9 Å². The fourth-order valence-electron chi connectivity index (χ4n) is 2.89. The molecular formula is C13H24N2O. The summed E-state index contributed by atoms with van der Waals surface area (Å²) in [6.07, 6.45) is 8.37. The van der Waals surface area contributed by atoms with Crippen LogP contribution in [0.4, 0.5) is 0 Å². The van der Waals surface area contributed by atoms with Crippen LogP contribution in [0.2, 0.25) is 0 Å². The predicted octanol–water partition coefficient (Wildman–Crippen LogP) is 1.68. The largest absolute Gasteiger partial charge is 0.356 e. The van der Waals surface area contributed by atoms with Gasteiger partial charge in [0.15, 0.2) is 0 Å². The fourth-order valence-corrected chi connectivity index (χ4v) is 2.89. The first-order valence-electron chi connectivity index (χ1n) is 6.82. The molecule has 0 bridgehead atoms. The van der Waals surface area contributed by atoms with Crippen LogP contribution in [0.15, 0.2) is 0 Å². The quantitative estimate of drug-likeness (QED) is 0.763. The van der Waals surface area contributed by atoms with Crippen molar-refractivity contribution in [1.29, 1.82) is 0 Å². The smallest absolute Gasteiger partial charge is 0.220 e. The summed E-state index contributed by atoms with van der Waals surface area (Å²) in [6.45, 7) is 3.12. The molecule has 16 heavy (non-hydrogen) atoms. The molecule has 1 aliphatic heterocycles. The average Bonchev–Trinajstić information content (AvgIpc) is 2.81. The first-order chi connectivity index (χ1) is 7.84. The summed E-state index contributed by atoms with van der Waals surface area (Å²) in [5, 5.41) is 6.46. The van der Waals surface area contributed by atoms with Gasteiger partial charge in [-0.2, -0.15) is 0 Å². The summed E-state index contributed by atoms with van der Waals surface area (Å²) in [4.78, 5) is 11.7. The van der Waals surface area contributed by atoms with E-state index >= 15 is 0 Å². The van der Waals surface area contributed by atoms with E-state index in [-0.39, 0.29) is 5.91 Å². The van der Waals surface area contributed by atoms with Gasteiger partial charge in [0, 0.05) is 13.0 Å². The standard InChI is InChI=1S/C13H24N2O/c16-13(9-11-3-1-2-4-11)15-10-12-5-7-14-8-6-12/h11-12,14H,1-10H2,(H,15,16). The van der Waals surface area contributed by atoms with E-state index in [0.29, 0.717) is 11.8 Å². The van der Waals surface area contributed by atoms with Crippen LogP contribution in [0.1, 0.15) is 44.9 Å². The minimum absolute atomic E-state index is 0.283. The third-order valence-electron chi connectivity index (χ3n) is 4.00. The van der Waals surface area contributed by atoms with Gasteiger partial charge in [0.25, 0.3) is 0 Å². The average molecular weight is 224 g/mol. The van der Waals surface area contributed by atoms with Crippen LogP contribution in [-0.2, 0) is 4.79 Å². The maximum atomic E-state index is 11.7. The Kier molecular flexibility index (Phi) is 4.64. The van der Waals surface area contributed by atoms with E-state index in [1.807, 2.05) is 0 Å². The first-order valence-corrected chi connectivity index (χ1v) is 6.82. The molecule has 0 aromatic carbocycles. The number of amides is 1. The van der Waals surface area contributed by atoms with Crippen LogP contribution >= 0.6 is 0 Å². The molecule has 2 aliphatic rings. The number of hydrogen-bond donors (Lipinski definition) is 2.